The van der Waals surface area contributed by atoms with Crippen LogP contribution < -0.4 is 4.74 Å². The second-order valence-corrected chi connectivity index (χ2v) is 2.06. The Morgan fingerprint density at radius 1 is 1.75 bits per heavy atom. The minimum Gasteiger partial charge on any atom is -0.456 e. The molecule has 0 aliphatic rings. The molecule has 0 spiro atoms. The number of ether oxygens (including phenoxy) is 1. The van der Waals surface area contributed by atoms with E-state index in [1.807, 2.05) is 0 Å². The number of halogens is 1. The van der Waals surface area contributed by atoms with Crippen molar-refractivity contribution in [2.24, 2.45) is 0 Å². The van der Waals surface area contributed by atoms with Crippen molar-refractivity contribution in [3.8, 4) is 5.88 Å². The molecule has 12 heavy (non-hydrogen) atoms. The van der Waals surface area contributed by atoms with Crippen molar-refractivity contribution in [3.63, 3.8) is 0 Å². The number of hydrogen-bond acceptors (Lipinski definition) is 4. The van der Waals surface area contributed by atoms with Crippen LogP contribution in [-0.2, 0) is 0 Å². The smallest absolute Gasteiger partial charge is 0.330 e. The Bertz CT molecular complexity index is 292. The monoisotopic (exact) mass is 188 g/mol. The number of nitrogens with zero attached hydrogens (tertiary/aromatic N) is 2. The van der Waals surface area contributed by atoms with Gasteiger partial charge in [0.1, 0.15) is 0 Å². The summed E-state index contributed by atoms with van der Waals surface area (Å²) in [4.78, 5) is 13.4. The van der Waals surface area contributed by atoms with E-state index in [9.17, 15) is 10.1 Å². The van der Waals surface area contributed by atoms with Gasteiger partial charge in [-0.05, 0) is 6.07 Å². The highest BCUT2D eigenvalue weighted by atomic mass is 35.5. The van der Waals surface area contributed by atoms with Gasteiger partial charge < -0.3 is 4.74 Å². The van der Waals surface area contributed by atoms with E-state index in [2.05, 4.69) is 4.98 Å². The number of alkyl halides is 1. The van der Waals surface area contributed by atoms with Crippen molar-refractivity contribution >= 4 is 17.3 Å². The van der Waals surface area contributed by atoms with Gasteiger partial charge >= 0.3 is 5.69 Å². The number of nitro groups is 1. The van der Waals surface area contributed by atoms with Crippen LogP contribution in [0.3, 0.4) is 0 Å². The van der Waals surface area contributed by atoms with E-state index in [1.54, 1.807) is 0 Å². The van der Waals surface area contributed by atoms with Crippen LogP contribution in [0.4, 0.5) is 5.69 Å². The largest absolute Gasteiger partial charge is 0.456 e. The molecular formula is C6H5ClN2O3. The molecule has 1 aromatic heterocycles. The van der Waals surface area contributed by atoms with Crippen molar-refractivity contribution in [3.05, 3.63) is 28.4 Å². The van der Waals surface area contributed by atoms with Gasteiger partial charge in [0.15, 0.2) is 6.07 Å². The first-order valence-electron chi connectivity index (χ1n) is 3.04. The molecule has 1 heterocycles. The molecule has 0 radical (unpaired) electrons. The summed E-state index contributed by atoms with van der Waals surface area (Å²) in [6, 6.07) is 2.60. The minimum absolute atomic E-state index is 0.0579. The lowest BCUT2D eigenvalue weighted by atomic mass is 10.4. The average molecular weight is 189 g/mol. The lowest BCUT2D eigenvalue weighted by molar-refractivity contribution is -0.386. The fraction of sp³-hybridized carbons (Fsp3) is 0.167. The summed E-state index contributed by atoms with van der Waals surface area (Å²) >= 11 is 5.23. The van der Waals surface area contributed by atoms with E-state index in [0.717, 1.165) is 0 Å². The van der Waals surface area contributed by atoms with Crippen LogP contribution >= 0.6 is 11.6 Å². The maximum absolute atomic E-state index is 10.3. The quantitative estimate of drug-likeness (QED) is 0.410. The standard InChI is InChI=1S/C6H5ClN2O3/c7-4-12-6-5(9(10)11)2-1-3-8-6/h1-3H,4H2. The van der Waals surface area contributed by atoms with Crippen LogP contribution in [0.1, 0.15) is 0 Å². The van der Waals surface area contributed by atoms with Crippen LogP contribution in [0, 0.1) is 10.1 Å². The van der Waals surface area contributed by atoms with Gasteiger partial charge in [-0.25, -0.2) is 4.98 Å². The topological polar surface area (TPSA) is 65.3 Å². The first kappa shape index (κ1) is 8.73. The average Bonchev–Trinajstić information content (AvgIpc) is 2.05. The van der Waals surface area contributed by atoms with Crippen molar-refractivity contribution in [2.45, 2.75) is 0 Å². The van der Waals surface area contributed by atoms with Gasteiger partial charge in [0, 0.05) is 12.3 Å². The summed E-state index contributed by atoms with van der Waals surface area (Å²) in [5, 5.41) is 10.3. The number of rotatable bonds is 3. The molecule has 0 bridgehead atoms. The van der Waals surface area contributed by atoms with E-state index in [-0.39, 0.29) is 17.6 Å². The van der Waals surface area contributed by atoms with Crippen LogP contribution in [0.15, 0.2) is 18.3 Å². The Balaban J connectivity index is 3.00. The Morgan fingerprint density at radius 3 is 3.08 bits per heavy atom. The number of aromatic nitrogens is 1. The summed E-state index contributed by atoms with van der Waals surface area (Å²) in [6.07, 6.45) is 1.40. The van der Waals surface area contributed by atoms with Crippen LogP contribution in [-0.4, -0.2) is 16.0 Å². The molecule has 0 fully saturated rings. The maximum atomic E-state index is 10.3. The Kier molecular flexibility index (Phi) is 2.82. The molecule has 64 valence electrons. The highest BCUT2D eigenvalue weighted by Crippen LogP contribution is 2.22. The molecule has 0 saturated heterocycles. The molecule has 0 aromatic carbocycles. The van der Waals surface area contributed by atoms with E-state index < -0.39 is 4.92 Å². The third-order valence-corrected chi connectivity index (χ3v) is 1.25. The van der Waals surface area contributed by atoms with Gasteiger partial charge in [0.05, 0.1) is 4.92 Å². The molecule has 0 amide bonds. The van der Waals surface area contributed by atoms with Crippen molar-refractivity contribution in [1.82, 2.24) is 4.98 Å². The van der Waals surface area contributed by atoms with Crippen LogP contribution in [0.25, 0.3) is 0 Å². The predicted molar refractivity (Wildman–Crippen MR) is 42.2 cm³/mol. The summed E-state index contributed by atoms with van der Waals surface area (Å²) in [6.45, 7) is 0. The zero-order valence-electron chi connectivity index (χ0n) is 5.94. The van der Waals surface area contributed by atoms with Crippen LogP contribution in [0.5, 0.6) is 5.88 Å². The molecular weight excluding hydrogens is 184 g/mol. The highest BCUT2D eigenvalue weighted by Gasteiger charge is 2.14. The fourth-order valence-electron chi connectivity index (χ4n) is 0.684. The molecule has 0 saturated carbocycles. The number of hydrogen-bond donors (Lipinski definition) is 0. The van der Waals surface area contributed by atoms with Crippen molar-refractivity contribution in [2.75, 3.05) is 6.07 Å². The first-order valence-corrected chi connectivity index (χ1v) is 3.57. The molecule has 0 aliphatic carbocycles. The summed E-state index contributed by atoms with van der Waals surface area (Å²) < 4.78 is 4.71. The second-order valence-electron chi connectivity index (χ2n) is 1.84. The Morgan fingerprint density at radius 2 is 2.50 bits per heavy atom. The highest BCUT2D eigenvalue weighted by molar-refractivity contribution is 6.17. The van der Waals surface area contributed by atoms with Crippen LogP contribution in [0.2, 0.25) is 0 Å². The molecule has 0 atom stereocenters. The lowest BCUT2D eigenvalue weighted by Gasteiger charge is -1.99. The molecule has 5 nitrogen and oxygen atoms in total. The fourth-order valence-corrected chi connectivity index (χ4v) is 0.788. The molecule has 1 aromatic rings. The predicted octanol–water partition coefficient (Wildman–Crippen LogP) is 1.56. The van der Waals surface area contributed by atoms with Crippen molar-refractivity contribution < 1.29 is 9.66 Å². The molecule has 0 unspecified atom stereocenters. The maximum Gasteiger partial charge on any atom is 0.330 e. The Labute approximate surface area is 73.1 Å². The first-order chi connectivity index (χ1) is 5.75. The van der Waals surface area contributed by atoms with E-state index in [1.165, 1.54) is 18.3 Å². The van der Waals surface area contributed by atoms with E-state index in [4.69, 9.17) is 16.3 Å². The SMILES string of the molecule is O=[N+]([O-])c1cccnc1OCCl. The molecule has 6 heteroatoms. The summed E-state index contributed by atoms with van der Waals surface area (Å²) in [5.74, 6) is -0.0579. The second kappa shape index (κ2) is 3.87. The number of pyridine rings is 1. The zero-order chi connectivity index (χ0) is 8.97. The normalized spacial score (nSPS) is 9.42. The summed E-state index contributed by atoms with van der Waals surface area (Å²) in [5.41, 5.74) is -0.182. The van der Waals surface area contributed by atoms with Gasteiger partial charge in [0.25, 0.3) is 5.88 Å². The molecule has 0 N–H and O–H groups in total. The van der Waals surface area contributed by atoms with Crippen molar-refractivity contribution in [1.29, 1.82) is 0 Å². The third kappa shape index (κ3) is 1.82. The molecule has 1 rings (SSSR count). The zero-order valence-corrected chi connectivity index (χ0v) is 6.69. The minimum atomic E-state index is -0.575. The van der Waals surface area contributed by atoms with Gasteiger partial charge in [-0.1, -0.05) is 11.6 Å². The summed E-state index contributed by atoms with van der Waals surface area (Å²) in [7, 11) is 0. The molecule has 0 aliphatic heterocycles. The lowest BCUT2D eigenvalue weighted by Crippen LogP contribution is -1.97. The van der Waals surface area contributed by atoms with Gasteiger partial charge in [0.2, 0.25) is 0 Å². The Hall–Kier alpha value is -1.36. The van der Waals surface area contributed by atoms with E-state index in [0.29, 0.717) is 0 Å². The van der Waals surface area contributed by atoms with Gasteiger partial charge in [-0.15, -0.1) is 0 Å². The van der Waals surface area contributed by atoms with Gasteiger partial charge in [-0.2, -0.15) is 0 Å². The van der Waals surface area contributed by atoms with E-state index >= 15 is 0 Å². The van der Waals surface area contributed by atoms with Gasteiger partial charge in [-0.3, -0.25) is 10.1 Å². The third-order valence-electron chi connectivity index (χ3n) is 1.14.